The van der Waals surface area contributed by atoms with E-state index in [1.54, 1.807) is 11.8 Å². The summed E-state index contributed by atoms with van der Waals surface area (Å²) in [5, 5.41) is 0. The predicted octanol–water partition coefficient (Wildman–Crippen LogP) is 3.85. The van der Waals surface area contributed by atoms with Crippen LogP contribution in [-0.4, -0.2) is 50.6 Å². The summed E-state index contributed by atoms with van der Waals surface area (Å²) in [7, 11) is -2.41. The second kappa shape index (κ2) is 6.61. The summed E-state index contributed by atoms with van der Waals surface area (Å²) in [4.78, 5) is 14.2. The summed E-state index contributed by atoms with van der Waals surface area (Å²) in [6.07, 6.45) is -3.76. The number of benzene rings is 1. The lowest BCUT2D eigenvalue weighted by Crippen LogP contribution is -2.54. The average molecular weight is 393 g/mol. The van der Waals surface area contributed by atoms with Gasteiger partial charge >= 0.3 is 6.18 Å². The van der Waals surface area contributed by atoms with E-state index in [1.165, 1.54) is 12.1 Å². The summed E-state index contributed by atoms with van der Waals surface area (Å²) in [6, 6.07) is 4.26. The molecule has 9 heteroatoms. The van der Waals surface area contributed by atoms with Gasteiger partial charge in [-0.05, 0) is 44.0 Å². The monoisotopic (exact) mass is 393 g/mol. The van der Waals surface area contributed by atoms with Crippen LogP contribution in [0.15, 0.2) is 24.3 Å². The molecule has 0 aromatic heterocycles. The summed E-state index contributed by atoms with van der Waals surface area (Å²) >= 11 is 0. The minimum atomic E-state index is -4.41. The summed E-state index contributed by atoms with van der Waals surface area (Å²) in [6.45, 7) is 2.62. The van der Waals surface area contributed by atoms with Crippen LogP contribution in [0, 0.1) is 5.41 Å². The van der Waals surface area contributed by atoms with Gasteiger partial charge in [0, 0.05) is 30.0 Å². The Morgan fingerprint density at radius 1 is 1.19 bits per heavy atom. The van der Waals surface area contributed by atoms with E-state index in [4.69, 9.17) is 4.74 Å². The predicted molar refractivity (Wildman–Crippen MR) is 92.4 cm³/mol. The zero-order chi connectivity index (χ0) is 19.2. The second-order valence-corrected chi connectivity index (χ2v) is 9.38. The average Bonchev–Trinajstić information content (AvgIpc) is 2.52. The zero-order valence-corrected chi connectivity index (χ0v) is 15.1. The number of carbonyl (C=O) groups excluding carboxylic acids is 1. The number of halogens is 3. The first-order valence-corrected chi connectivity index (χ1v) is 10.2. The van der Waals surface area contributed by atoms with Crippen LogP contribution >= 0.6 is 10.6 Å². The molecule has 1 amide bonds. The summed E-state index contributed by atoms with van der Waals surface area (Å²) in [5.41, 5.74) is -0.829. The molecule has 2 heterocycles. The Morgan fingerprint density at radius 2 is 1.73 bits per heavy atom. The Labute approximate surface area is 151 Å². The number of amides is 1. The highest BCUT2D eigenvalue weighted by Gasteiger charge is 2.50. The molecule has 146 valence electrons. The van der Waals surface area contributed by atoms with E-state index in [9.17, 15) is 27.1 Å². The third-order valence-electron chi connectivity index (χ3n) is 5.05. The van der Waals surface area contributed by atoms with Crippen molar-refractivity contribution in [3.63, 3.8) is 0 Å². The van der Waals surface area contributed by atoms with Crippen molar-refractivity contribution in [2.45, 2.75) is 32.0 Å². The third-order valence-corrected chi connectivity index (χ3v) is 7.20. The SMILES string of the molecule is CC(Oc1ccc(C(F)(F)F)cc1)C(=O)N1CCC2(CC1)CS(O)(O)C2. The number of rotatable bonds is 3. The van der Waals surface area contributed by atoms with E-state index in [2.05, 4.69) is 0 Å². The molecule has 5 nitrogen and oxygen atoms in total. The number of hydrogen-bond donors (Lipinski definition) is 2. The number of alkyl halides is 3. The fourth-order valence-corrected chi connectivity index (χ4v) is 6.12. The molecule has 3 rings (SSSR count). The molecule has 2 aliphatic rings. The van der Waals surface area contributed by atoms with Crippen molar-refractivity contribution < 1.29 is 31.8 Å². The van der Waals surface area contributed by atoms with Crippen LogP contribution in [0.2, 0.25) is 0 Å². The highest BCUT2D eigenvalue weighted by Crippen LogP contribution is 2.62. The van der Waals surface area contributed by atoms with Crippen LogP contribution in [0.5, 0.6) is 5.75 Å². The van der Waals surface area contributed by atoms with Gasteiger partial charge in [0.25, 0.3) is 5.91 Å². The lowest BCUT2D eigenvalue weighted by Gasteiger charge is -2.58. The summed E-state index contributed by atoms with van der Waals surface area (Å²) < 4.78 is 62.4. The molecule has 0 radical (unpaired) electrons. The highest BCUT2D eigenvalue weighted by molar-refractivity contribution is 8.25. The normalized spacial score (nSPS) is 23.8. The molecule has 1 atom stereocenters. The van der Waals surface area contributed by atoms with Gasteiger partial charge < -0.3 is 9.64 Å². The number of likely N-dealkylation sites (tertiary alicyclic amines) is 1. The number of carbonyl (C=O) groups is 1. The lowest BCUT2D eigenvalue weighted by atomic mass is 9.81. The van der Waals surface area contributed by atoms with Gasteiger partial charge in [0.15, 0.2) is 6.10 Å². The molecule has 0 saturated carbocycles. The molecule has 26 heavy (non-hydrogen) atoms. The van der Waals surface area contributed by atoms with Crippen molar-refractivity contribution in [2.75, 3.05) is 24.6 Å². The van der Waals surface area contributed by atoms with Gasteiger partial charge in [0.05, 0.1) is 5.56 Å². The first kappa shape index (κ1) is 19.3. The summed E-state index contributed by atoms with van der Waals surface area (Å²) in [5.74, 6) is 0.824. The largest absolute Gasteiger partial charge is 0.481 e. The van der Waals surface area contributed by atoms with Gasteiger partial charge in [0.2, 0.25) is 0 Å². The Balaban J connectivity index is 1.52. The van der Waals surface area contributed by atoms with Crippen molar-refractivity contribution in [1.29, 1.82) is 0 Å². The fourth-order valence-electron chi connectivity index (χ4n) is 3.66. The van der Waals surface area contributed by atoms with Gasteiger partial charge in [-0.25, -0.2) is 0 Å². The third kappa shape index (κ3) is 4.10. The molecule has 1 aromatic carbocycles. The quantitative estimate of drug-likeness (QED) is 0.819. The first-order chi connectivity index (χ1) is 12.0. The van der Waals surface area contributed by atoms with Crippen molar-refractivity contribution in [2.24, 2.45) is 5.41 Å². The first-order valence-electron chi connectivity index (χ1n) is 8.36. The number of ether oxygens (including phenoxy) is 1. The van der Waals surface area contributed by atoms with E-state index in [0.717, 1.165) is 25.0 Å². The van der Waals surface area contributed by atoms with Crippen molar-refractivity contribution in [1.82, 2.24) is 4.90 Å². The van der Waals surface area contributed by atoms with Crippen molar-refractivity contribution in [3.05, 3.63) is 29.8 Å². The number of hydrogen-bond acceptors (Lipinski definition) is 4. The topological polar surface area (TPSA) is 70.0 Å². The smallest absolute Gasteiger partial charge is 0.416 e. The number of nitrogens with zero attached hydrogens (tertiary/aromatic N) is 1. The van der Waals surface area contributed by atoms with Crippen LogP contribution in [0.25, 0.3) is 0 Å². The van der Waals surface area contributed by atoms with Crippen molar-refractivity contribution >= 4 is 16.5 Å². The minimum absolute atomic E-state index is 0.0624. The molecular formula is C17H22F3NO4S. The molecule has 1 spiro atoms. The molecule has 2 fully saturated rings. The number of piperidine rings is 1. The van der Waals surface area contributed by atoms with Crippen LogP contribution < -0.4 is 4.74 Å². The maximum atomic E-state index is 12.6. The standard InChI is InChI=1S/C17H22F3NO4S/c1-12(25-14-4-2-13(3-5-14)17(18,19)20)15(22)21-8-6-16(7-9-21)10-26(23,24)11-16/h2-5,12,23-24H,6-11H2,1H3. The van der Waals surface area contributed by atoms with Crippen LogP contribution in [-0.2, 0) is 11.0 Å². The molecule has 0 aliphatic carbocycles. The maximum absolute atomic E-state index is 12.6. The highest BCUT2D eigenvalue weighted by atomic mass is 32.3. The van der Waals surface area contributed by atoms with Gasteiger partial charge in [0.1, 0.15) is 5.75 Å². The minimum Gasteiger partial charge on any atom is -0.481 e. The van der Waals surface area contributed by atoms with Gasteiger partial charge in [-0.15, -0.1) is 0 Å². The van der Waals surface area contributed by atoms with Gasteiger partial charge in [-0.3, -0.25) is 13.9 Å². The lowest BCUT2D eigenvalue weighted by molar-refractivity contribution is -0.140. The van der Waals surface area contributed by atoms with Crippen LogP contribution in [0.3, 0.4) is 0 Å². The van der Waals surface area contributed by atoms with Crippen molar-refractivity contribution in [3.8, 4) is 5.75 Å². The van der Waals surface area contributed by atoms with E-state index >= 15 is 0 Å². The van der Waals surface area contributed by atoms with E-state index in [-0.39, 0.29) is 17.1 Å². The fraction of sp³-hybridized carbons (Fsp3) is 0.588. The Bertz CT molecular complexity index is 660. The van der Waals surface area contributed by atoms with E-state index in [1.807, 2.05) is 0 Å². The maximum Gasteiger partial charge on any atom is 0.416 e. The van der Waals surface area contributed by atoms with Crippen LogP contribution in [0.1, 0.15) is 25.3 Å². The van der Waals surface area contributed by atoms with Crippen LogP contribution in [0.4, 0.5) is 13.2 Å². The van der Waals surface area contributed by atoms with Gasteiger partial charge in [-0.1, -0.05) is 0 Å². The Hall–Kier alpha value is -1.45. The molecule has 1 unspecified atom stereocenters. The van der Waals surface area contributed by atoms with E-state index < -0.39 is 28.4 Å². The molecule has 2 N–H and O–H groups in total. The Morgan fingerprint density at radius 3 is 2.19 bits per heavy atom. The molecule has 2 saturated heterocycles. The molecule has 1 aromatic rings. The zero-order valence-electron chi connectivity index (χ0n) is 14.3. The van der Waals surface area contributed by atoms with E-state index in [0.29, 0.717) is 24.6 Å². The second-order valence-electron chi connectivity index (χ2n) is 7.20. The van der Waals surface area contributed by atoms with Gasteiger partial charge in [-0.2, -0.15) is 23.8 Å². The molecular weight excluding hydrogens is 371 g/mol. The molecule has 0 bridgehead atoms. The molecule has 2 aliphatic heterocycles. The Kier molecular flexibility index (Phi) is 4.91.